The number of nitrogens with zero attached hydrogens (tertiary/aromatic N) is 1. The fourth-order valence-electron chi connectivity index (χ4n) is 1.48. The van der Waals surface area contributed by atoms with Crippen LogP contribution >= 0.6 is 0 Å². The summed E-state index contributed by atoms with van der Waals surface area (Å²) in [5, 5.41) is 21.1. The average Bonchev–Trinajstić information content (AvgIpc) is 2.36. The van der Waals surface area contributed by atoms with E-state index in [0.717, 1.165) is 6.42 Å². The highest BCUT2D eigenvalue weighted by Crippen LogP contribution is 2.09. The molecule has 3 nitrogen and oxygen atoms in total. The minimum atomic E-state index is -0.312. The lowest BCUT2D eigenvalue weighted by Crippen LogP contribution is -2.20. The topological polar surface area (TPSA) is 56.0 Å². The molecule has 0 radical (unpaired) electrons. The molecule has 1 atom stereocenters. The number of nitrogens with one attached hydrogen (secondary N) is 1. The lowest BCUT2D eigenvalue weighted by Gasteiger charge is -2.09. The average molecular weight is 236 g/mol. The third kappa shape index (κ3) is 4.51. The van der Waals surface area contributed by atoms with Gasteiger partial charge in [0, 0.05) is 12.1 Å². The molecule has 0 aliphatic rings. The lowest BCUT2D eigenvalue weighted by molar-refractivity contribution is 0.159. The molecule has 1 aromatic carbocycles. The molecule has 1 aromatic rings. The highest BCUT2D eigenvalue weighted by Gasteiger charge is 2.04. The standard InChI is InChI=1S/C13H17FN2O/c1-2-12(17)5-6-16-9-11-7-10(8-15)3-4-13(11)14/h3-4,7,12,16-17H,2,5-6,9H2,1H3. The Morgan fingerprint density at radius 2 is 2.29 bits per heavy atom. The van der Waals surface area contributed by atoms with Crippen molar-refractivity contribution in [2.75, 3.05) is 6.54 Å². The van der Waals surface area contributed by atoms with Gasteiger partial charge in [0.15, 0.2) is 0 Å². The summed E-state index contributed by atoms with van der Waals surface area (Å²) in [5.41, 5.74) is 0.937. The molecule has 0 bridgehead atoms. The van der Waals surface area contributed by atoms with Gasteiger partial charge >= 0.3 is 0 Å². The lowest BCUT2D eigenvalue weighted by atomic mass is 10.1. The van der Waals surface area contributed by atoms with Gasteiger partial charge in [0.25, 0.3) is 0 Å². The number of benzene rings is 1. The van der Waals surface area contributed by atoms with Crippen molar-refractivity contribution in [3.63, 3.8) is 0 Å². The van der Waals surface area contributed by atoms with Crippen LogP contribution in [0.2, 0.25) is 0 Å². The molecule has 0 fully saturated rings. The first-order valence-electron chi connectivity index (χ1n) is 5.74. The third-order valence-corrected chi connectivity index (χ3v) is 2.62. The molecule has 4 heteroatoms. The fraction of sp³-hybridized carbons (Fsp3) is 0.462. The first-order valence-corrected chi connectivity index (χ1v) is 5.74. The molecule has 92 valence electrons. The summed E-state index contributed by atoms with van der Waals surface area (Å²) in [6, 6.07) is 6.28. The molecule has 1 rings (SSSR count). The first-order chi connectivity index (χ1) is 8.17. The maximum Gasteiger partial charge on any atom is 0.127 e. The maximum atomic E-state index is 13.4. The van der Waals surface area contributed by atoms with Gasteiger partial charge in [-0.05, 0) is 37.6 Å². The predicted octanol–water partition coefficient (Wildman–Crippen LogP) is 1.95. The van der Waals surface area contributed by atoms with E-state index >= 15 is 0 Å². The summed E-state index contributed by atoms with van der Waals surface area (Å²) in [6.07, 6.45) is 1.06. The molecule has 0 aromatic heterocycles. The zero-order valence-corrected chi connectivity index (χ0v) is 9.91. The molecule has 0 spiro atoms. The zero-order valence-electron chi connectivity index (χ0n) is 9.91. The molecule has 0 amide bonds. The monoisotopic (exact) mass is 236 g/mol. The second kappa shape index (κ2) is 7.00. The summed E-state index contributed by atoms with van der Waals surface area (Å²) < 4.78 is 13.4. The van der Waals surface area contributed by atoms with Crippen molar-refractivity contribution in [3.05, 3.63) is 35.1 Å². The molecular weight excluding hydrogens is 219 g/mol. The molecular formula is C13H17FN2O. The summed E-state index contributed by atoms with van der Waals surface area (Å²) >= 11 is 0. The van der Waals surface area contributed by atoms with Gasteiger partial charge in [-0.2, -0.15) is 5.26 Å². The van der Waals surface area contributed by atoms with Gasteiger partial charge in [0.2, 0.25) is 0 Å². The van der Waals surface area contributed by atoms with Crippen LogP contribution in [0.25, 0.3) is 0 Å². The Labute approximate surface area is 101 Å². The summed E-state index contributed by atoms with van der Waals surface area (Å²) in [5.74, 6) is -0.312. The van der Waals surface area contributed by atoms with E-state index in [9.17, 15) is 9.50 Å². The van der Waals surface area contributed by atoms with E-state index in [2.05, 4.69) is 5.32 Å². The van der Waals surface area contributed by atoms with Crippen LogP contribution in [0.5, 0.6) is 0 Å². The summed E-state index contributed by atoms with van der Waals surface area (Å²) in [6.45, 7) is 2.92. The summed E-state index contributed by atoms with van der Waals surface area (Å²) in [4.78, 5) is 0. The van der Waals surface area contributed by atoms with E-state index in [1.165, 1.54) is 12.1 Å². The molecule has 0 heterocycles. The van der Waals surface area contributed by atoms with Gasteiger partial charge < -0.3 is 10.4 Å². The normalized spacial score (nSPS) is 12.1. The van der Waals surface area contributed by atoms with E-state index < -0.39 is 0 Å². The minimum absolute atomic E-state index is 0.308. The number of aliphatic hydroxyl groups excluding tert-OH is 1. The number of hydrogen-bond acceptors (Lipinski definition) is 3. The molecule has 1 unspecified atom stereocenters. The number of halogens is 1. The number of aliphatic hydroxyl groups is 1. The van der Waals surface area contributed by atoms with E-state index in [-0.39, 0.29) is 11.9 Å². The fourth-order valence-corrected chi connectivity index (χ4v) is 1.48. The van der Waals surface area contributed by atoms with Gasteiger partial charge in [0.05, 0.1) is 17.7 Å². The van der Waals surface area contributed by atoms with Crippen molar-refractivity contribution >= 4 is 0 Å². The Balaban J connectivity index is 2.44. The van der Waals surface area contributed by atoms with Gasteiger partial charge in [0.1, 0.15) is 5.82 Å². The highest BCUT2D eigenvalue weighted by atomic mass is 19.1. The highest BCUT2D eigenvalue weighted by molar-refractivity contribution is 5.33. The van der Waals surface area contributed by atoms with Gasteiger partial charge in [-0.15, -0.1) is 0 Å². The molecule has 0 saturated carbocycles. The molecule has 0 aliphatic carbocycles. The Bertz CT molecular complexity index is 401. The van der Waals surface area contributed by atoms with Crippen LogP contribution in [-0.4, -0.2) is 17.8 Å². The van der Waals surface area contributed by atoms with Crippen molar-refractivity contribution in [2.45, 2.75) is 32.4 Å². The van der Waals surface area contributed by atoms with E-state index in [0.29, 0.717) is 30.6 Å². The van der Waals surface area contributed by atoms with Crippen molar-refractivity contribution in [3.8, 4) is 6.07 Å². The van der Waals surface area contributed by atoms with Gasteiger partial charge in [-0.1, -0.05) is 6.92 Å². The predicted molar refractivity (Wildman–Crippen MR) is 63.7 cm³/mol. The zero-order chi connectivity index (χ0) is 12.7. The molecule has 0 aliphatic heterocycles. The van der Waals surface area contributed by atoms with Crippen molar-refractivity contribution in [1.82, 2.24) is 5.32 Å². The van der Waals surface area contributed by atoms with Crippen molar-refractivity contribution in [1.29, 1.82) is 5.26 Å². The maximum absolute atomic E-state index is 13.4. The van der Waals surface area contributed by atoms with E-state index in [4.69, 9.17) is 5.26 Å². The Kier molecular flexibility index (Phi) is 5.61. The minimum Gasteiger partial charge on any atom is -0.393 e. The van der Waals surface area contributed by atoms with Crippen LogP contribution in [-0.2, 0) is 6.54 Å². The quantitative estimate of drug-likeness (QED) is 0.742. The van der Waals surface area contributed by atoms with E-state index in [1.807, 2.05) is 13.0 Å². The largest absolute Gasteiger partial charge is 0.393 e. The second-order valence-corrected chi connectivity index (χ2v) is 3.95. The summed E-state index contributed by atoms with van der Waals surface area (Å²) in [7, 11) is 0. The Morgan fingerprint density at radius 1 is 1.53 bits per heavy atom. The Morgan fingerprint density at radius 3 is 2.94 bits per heavy atom. The van der Waals surface area contributed by atoms with Crippen LogP contribution < -0.4 is 5.32 Å². The van der Waals surface area contributed by atoms with Crippen LogP contribution in [0.1, 0.15) is 30.9 Å². The number of rotatable bonds is 6. The first kappa shape index (κ1) is 13.6. The number of nitriles is 1. The van der Waals surface area contributed by atoms with Crippen LogP contribution in [0.3, 0.4) is 0 Å². The second-order valence-electron chi connectivity index (χ2n) is 3.95. The van der Waals surface area contributed by atoms with Crippen LogP contribution in [0.4, 0.5) is 4.39 Å². The van der Waals surface area contributed by atoms with Crippen molar-refractivity contribution in [2.24, 2.45) is 0 Å². The van der Waals surface area contributed by atoms with Gasteiger partial charge in [-0.25, -0.2) is 4.39 Å². The SMILES string of the molecule is CCC(O)CCNCc1cc(C#N)ccc1F. The molecule has 17 heavy (non-hydrogen) atoms. The molecule has 0 saturated heterocycles. The smallest absolute Gasteiger partial charge is 0.127 e. The van der Waals surface area contributed by atoms with Crippen LogP contribution in [0.15, 0.2) is 18.2 Å². The van der Waals surface area contributed by atoms with E-state index in [1.54, 1.807) is 6.07 Å². The third-order valence-electron chi connectivity index (χ3n) is 2.62. The van der Waals surface area contributed by atoms with Gasteiger partial charge in [-0.3, -0.25) is 0 Å². The number of hydrogen-bond donors (Lipinski definition) is 2. The Hall–Kier alpha value is -1.44. The molecule has 2 N–H and O–H groups in total. The van der Waals surface area contributed by atoms with Crippen molar-refractivity contribution < 1.29 is 9.50 Å². The van der Waals surface area contributed by atoms with Crippen LogP contribution in [0, 0.1) is 17.1 Å².